The summed E-state index contributed by atoms with van der Waals surface area (Å²) in [5.41, 5.74) is 1.15. The Morgan fingerprint density at radius 1 is 1.21 bits per heavy atom. The second kappa shape index (κ2) is 10.4. The van der Waals surface area contributed by atoms with Gasteiger partial charge in [0.1, 0.15) is 10.7 Å². The summed E-state index contributed by atoms with van der Waals surface area (Å²) in [7, 11) is 3.24. The molecule has 0 aromatic carbocycles. The Morgan fingerprint density at radius 3 is 2.64 bits per heavy atom. The number of nitrogens with one attached hydrogen (secondary N) is 1. The minimum absolute atomic E-state index is 0.0362. The van der Waals surface area contributed by atoms with E-state index in [0.717, 1.165) is 29.5 Å². The van der Waals surface area contributed by atoms with Gasteiger partial charge in [0.25, 0.3) is 5.56 Å². The first-order chi connectivity index (χ1) is 13.6. The van der Waals surface area contributed by atoms with Crippen molar-refractivity contribution in [2.24, 2.45) is 0 Å². The van der Waals surface area contributed by atoms with Gasteiger partial charge >= 0.3 is 0 Å². The van der Waals surface area contributed by atoms with Gasteiger partial charge in [0, 0.05) is 32.2 Å². The Hall–Kier alpha value is -1.42. The molecule has 1 N–H and O–H groups in total. The van der Waals surface area contributed by atoms with Crippen LogP contribution in [0.3, 0.4) is 0 Å². The molecular weight excluding hydrogens is 398 g/mol. The molecule has 2 aromatic heterocycles. The lowest BCUT2D eigenvalue weighted by Crippen LogP contribution is -2.37. The number of nitrogens with zero attached hydrogens (tertiary/aromatic N) is 2. The number of rotatable bonds is 10. The predicted octanol–water partition coefficient (Wildman–Crippen LogP) is 2.22. The van der Waals surface area contributed by atoms with Crippen LogP contribution in [0.4, 0.5) is 0 Å². The molecule has 9 heteroatoms. The fourth-order valence-electron chi connectivity index (χ4n) is 3.37. The van der Waals surface area contributed by atoms with E-state index in [1.54, 1.807) is 30.5 Å². The lowest BCUT2D eigenvalue weighted by atomic mass is 9.97. The van der Waals surface area contributed by atoms with Crippen LogP contribution in [0.15, 0.2) is 4.79 Å². The largest absolute Gasteiger partial charge is 0.383 e. The SMILES string of the molecule is COCCN(CCOC)C(=O)CSCc1nc2sc3c(c2c(=O)[nH]1)CCCC3. The fourth-order valence-corrected chi connectivity index (χ4v) is 5.44. The minimum atomic E-state index is -0.0480. The molecule has 1 aliphatic carbocycles. The zero-order valence-corrected chi connectivity index (χ0v) is 18.0. The van der Waals surface area contributed by atoms with E-state index in [0.29, 0.717) is 43.6 Å². The van der Waals surface area contributed by atoms with Crippen LogP contribution in [0, 0.1) is 0 Å². The number of hydrogen-bond acceptors (Lipinski definition) is 7. The van der Waals surface area contributed by atoms with Gasteiger partial charge in [-0.25, -0.2) is 4.98 Å². The van der Waals surface area contributed by atoms with E-state index in [4.69, 9.17) is 9.47 Å². The second-order valence-corrected chi connectivity index (χ2v) is 8.83. The lowest BCUT2D eigenvalue weighted by Gasteiger charge is -2.21. The van der Waals surface area contributed by atoms with Crippen LogP contribution in [-0.4, -0.2) is 67.1 Å². The third-order valence-electron chi connectivity index (χ3n) is 4.82. The van der Waals surface area contributed by atoms with Crippen LogP contribution < -0.4 is 5.56 Å². The smallest absolute Gasteiger partial charge is 0.259 e. The van der Waals surface area contributed by atoms with Gasteiger partial charge in [0.05, 0.1) is 30.1 Å². The van der Waals surface area contributed by atoms with E-state index in [-0.39, 0.29) is 11.5 Å². The molecule has 1 aliphatic rings. The number of aryl methyl sites for hydroxylation is 2. The third-order valence-corrected chi connectivity index (χ3v) is 6.94. The van der Waals surface area contributed by atoms with Gasteiger partial charge in [-0.1, -0.05) is 0 Å². The Labute approximate surface area is 172 Å². The maximum Gasteiger partial charge on any atom is 0.259 e. The molecular formula is C19H27N3O4S2. The number of carbonyl (C=O) groups is 1. The van der Waals surface area contributed by atoms with E-state index >= 15 is 0 Å². The second-order valence-electron chi connectivity index (χ2n) is 6.76. The summed E-state index contributed by atoms with van der Waals surface area (Å²) in [6.45, 7) is 2.07. The van der Waals surface area contributed by atoms with E-state index in [1.165, 1.54) is 28.6 Å². The summed E-state index contributed by atoms with van der Waals surface area (Å²) in [5, 5.41) is 0.773. The van der Waals surface area contributed by atoms with Gasteiger partial charge in [0.2, 0.25) is 5.91 Å². The van der Waals surface area contributed by atoms with E-state index < -0.39 is 0 Å². The molecule has 1 amide bonds. The summed E-state index contributed by atoms with van der Waals surface area (Å²) < 4.78 is 10.1. The average Bonchev–Trinajstić information content (AvgIpc) is 3.06. The molecule has 0 saturated heterocycles. The highest BCUT2D eigenvalue weighted by molar-refractivity contribution is 7.99. The quantitative estimate of drug-likeness (QED) is 0.628. The van der Waals surface area contributed by atoms with Crippen LogP contribution in [0.25, 0.3) is 10.2 Å². The maximum absolute atomic E-state index is 12.6. The number of H-pyrrole nitrogens is 1. The van der Waals surface area contributed by atoms with Crippen molar-refractivity contribution >= 4 is 39.2 Å². The maximum atomic E-state index is 12.6. The van der Waals surface area contributed by atoms with E-state index in [1.807, 2.05) is 0 Å². The zero-order valence-electron chi connectivity index (χ0n) is 16.4. The number of ether oxygens (including phenoxy) is 2. The predicted molar refractivity (Wildman–Crippen MR) is 113 cm³/mol. The van der Waals surface area contributed by atoms with Crippen LogP contribution in [0.2, 0.25) is 0 Å². The molecule has 2 heterocycles. The molecule has 0 aliphatic heterocycles. The molecule has 7 nitrogen and oxygen atoms in total. The van der Waals surface area contributed by atoms with Crippen molar-refractivity contribution in [3.8, 4) is 0 Å². The number of methoxy groups -OCH3 is 2. The van der Waals surface area contributed by atoms with Gasteiger partial charge in [-0.05, 0) is 31.2 Å². The number of aromatic amines is 1. The molecule has 3 rings (SSSR count). The first-order valence-electron chi connectivity index (χ1n) is 9.51. The van der Waals surface area contributed by atoms with Crippen molar-refractivity contribution in [3.05, 3.63) is 26.6 Å². The summed E-state index contributed by atoms with van der Waals surface area (Å²) in [4.78, 5) is 36.5. The van der Waals surface area contributed by atoms with Crippen LogP contribution in [0.5, 0.6) is 0 Å². The molecule has 0 fully saturated rings. The van der Waals surface area contributed by atoms with Crippen molar-refractivity contribution in [1.82, 2.24) is 14.9 Å². The molecule has 0 bridgehead atoms. The first kappa shape index (κ1) is 21.3. The van der Waals surface area contributed by atoms with E-state index in [9.17, 15) is 9.59 Å². The van der Waals surface area contributed by atoms with Crippen molar-refractivity contribution < 1.29 is 14.3 Å². The zero-order chi connectivity index (χ0) is 19.9. The van der Waals surface area contributed by atoms with Gasteiger partial charge in [-0.2, -0.15) is 0 Å². The van der Waals surface area contributed by atoms with Crippen LogP contribution in [0.1, 0.15) is 29.1 Å². The van der Waals surface area contributed by atoms with Crippen LogP contribution in [-0.2, 0) is 32.9 Å². The summed E-state index contributed by atoms with van der Waals surface area (Å²) in [5.74, 6) is 1.50. The molecule has 0 saturated carbocycles. The molecule has 2 aromatic rings. The average molecular weight is 426 g/mol. The Bertz CT molecular complexity index is 857. The highest BCUT2D eigenvalue weighted by atomic mass is 32.2. The van der Waals surface area contributed by atoms with E-state index in [2.05, 4.69) is 9.97 Å². The minimum Gasteiger partial charge on any atom is -0.383 e. The number of aromatic nitrogens is 2. The van der Waals surface area contributed by atoms with Crippen molar-refractivity contribution in [1.29, 1.82) is 0 Å². The molecule has 154 valence electrons. The normalized spacial score (nSPS) is 13.6. The third kappa shape index (κ3) is 5.14. The Balaban J connectivity index is 1.61. The highest BCUT2D eigenvalue weighted by Crippen LogP contribution is 2.33. The first-order valence-corrected chi connectivity index (χ1v) is 11.5. The van der Waals surface area contributed by atoms with Gasteiger partial charge in [-0.15, -0.1) is 23.1 Å². The van der Waals surface area contributed by atoms with Gasteiger partial charge in [0.15, 0.2) is 0 Å². The standard InChI is InChI=1S/C19H27N3O4S2/c1-25-9-7-22(8-10-26-2)16(23)12-27-11-15-20-18(24)17-13-5-3-4-6-14(13)28-19(17)21-15/h3-12H2,1-2H3,(H,20,21,24). The number of carbonyl (C=O) groups excluding carboxylic acids is 1. The summed E-state index contributed by atoms with van der Waals surface area (Å²) in [6.07, 6.45) is 4.35. The number of amides is 1. The monoisotopic (exact) mass is 425 g/mol. The molecule has 0 unspecified atom stereocenters. The summed E-state index contributed by atoms with van der Waals surface area (Å²) in [6, 6.07) is 0. The Morgan fingerprint density at radius 2 is 1.93 bits per heavy atom. The topological polar surface area (TPSA) is 84.5 Å². The molecule has 0 radical (unpaired) electrons. The fraction of sp³-hybridized carbons (Fsp3) is 0.632. The number of thiophene rings is 1. The van der Waals surface area contributed by atoms with Crippen LogP contribution >= 0.6 is 23.1 Å². The van der Waals surface area contributed by atoms with Gasteiger partial charge in [-0.3, -0.25) is 9.59 Å². The van der Waals surface area contributed by atoms with Crippen molar-refractivity contribution in [2.45, 2.75) is 31.4 Å². The molecule has 28 heavy (non-hydrogen) atoms. The lowest BCUT2D eigenvalue weighted by molar-refractivity contribution is -0.129. The van der Waals surface area contributed by atoms with Crippen molar-refractivity contribution in [3.63, 3.8) is 0 Å². The summed E-state index contributed by atoms with van der Waals surface area (Å²) >= 11 is 3.11. The molecule has 0 spiro atoms. The number of thioether (sulfide) groups is 1. The Kier molecular flexibility index (Phi) is 7.90. The number of hydrogen-bond donors (Lipinski definition) is 1. The van der Waals surface area contributed by atoms with Gasteiger partial charge < -0.3 is 19.4 Å². The van der Waals surface area contributed by atoms with Crippen molar-refractivity contribution in [2.75, 3.05) is 46.3 Å². The molecule has 0 atom stereocenters. The number of fused-ring (bicyclic) bond motifs is 3. The highest BCUT2D eigenvalue weighted by Gasteiger charge is 2.20.